The molecule has 0 spiro atoms. The molecule has 194 valence electrons. The van der Waals surface area contributed by atoms with Crippen molar-refractivity contribution >= 4 is 0 Å². The Hall–Kier alpha value is -0.420. The number of hydrogen-bond donors (Lipinski definition) is 4. The molecule has 0 aromatic rings. The molecule has 5 N–H and O–H groups in total. The lowest BCUT2D eigenvalue weighted by atomic mass is 9.32. The molecule has 4 heteroatoms. The topological polar surface area (TPSA) is 86.7 Å². The number of aliphatic hydroxyl groups is 3. The molecule has 0 bridgehead atoms. The van der Waals surface area contributed by atoms with Crippen LogP contribution in [0.3, 0.4) is 0 Å². The first-order valence-corrected chi connectivity index (χ1v) is 14.2. The van der Waals surface area contributed by atoms with Gasteiger partial charge in [0.15, 0.2) is 0 Å². The van der Waals surface area contributed by atoms with E-state index in [1.807, 2.05) is 0 Å². The van der Waals surface area contributed by atoms with E-state index >= 15 is 0 Å². The molecule has 1 unspecified atom stereocenters. The monoisotopic (exact) mass is 473 g/mol. The Balaban J connectivity index is 1.54. The maximum atomic E-state index is 10.7. The van der Waals surface area contributed by atoms with Gasteiger partial charge in [-0.25, -0.2) is 0 Å². The SMILES string of the molecule is C=C(CO)[C@@H]1CC[C@]2(CO)CC[C@]3(C)[C@H](CC[C@@H]4[C@@]5(C)CCC(N)[C@@](C)(CO)[C@@H]5CC[C@]43C)[C@@H]12. The van der Waals surface area contributed by atoms with Crippen molar-refractivity contribution < 1.29 is 15.3 Å². The van der Waals surface area contributed by atoms with Crippen molar-refractivity contribution in [3.63, 3.8) is 0 Å². The van der Waals surface area contributed by atoms with Gasteiger partial charge in [0, 0.05) is 18.1 Å². The van der Waals surface area contributed by atoms with Crippen LogP contribution in [0.1, 0.15) is 91.9 Å². The number of nitrogens with two attached hydrogens (primary N) is 1. The molecular formula is C30H51NO3. The first-order chi connectivity index (χ1) is 16.0. The van der Waals surface area contributed by atoms with Crippen LogP contribution >= 0.6 is 0 Å². The van der Waals surface area contributed by atoms with Crippen molar-refractivity contribution in [2.45, 2.75) is 97.9 Å². The average Bonchev–Trinajstić information content (AvgIpc) is 3.22. The van der Waals surface area contributed by atoms with Crippen molar-refractivity contribution in [3.8, 4) is 0 Å². The number of rotatable bonds is 4. The third kappa shape index (κ3) is 2.92. The number of hydrogen-bond acceptors (Lipinski definition) is 4. The van der Waals surface area contributed by atoms with E-state index < -0.39 is 0 Å². The van der Waals surface area contributed by atoms with E-state index in [1.54, 1.807) is 0 Å². The summed E-state index contributed by atoms with van der Waals surface area (Å²) in [6.45, 7) is 14.9. The fraction of sp³-hybridized carbons (Fsp3) is 0.933. The molecule has 5 fully saturated rings. The van der Waals surface area contributed by atoms with Crippen LogP contribution in [0.25, 0.3) is 0 Å². The summed E-state index contributed by atoms with van der Waals surface area (Å²) in [5, 5.41) is 31.2. The van der Waals surface area contributed by atoms with E-state index in [4.69, 9.17) is 5.73 Å². The molecule has 5 aliphatic rings. The van der Waals surface area contributed by atoms with Crippen LogP contribution in [0, 0.1) is 56.7 Å². The summed E-state index contributed by atoms with van der Waals surface area (Å²) in [4.78, 5) is 0. The van der Waals surface area contributed by atoms with Crippen molar-refractivity contribution in [1.29, 1.82) is 0 Å². The average molecular weight is 474 g/mol. The van der Waals surface area contributed by atoms with E-state index in [1.165, 1.54) is 38.5 Å². The molecule has 5 saturated carbocycles. The van der Waals surface area contributed by atoms with E-state index in [0.717, 1.165) is 31.3 Å². The fourth-order valence-electron chi connectivity index (χ4n) is 11.7. The fourth-order valence-corrected chi connectivity index (χ4v) is 11.7. The van der Waals surface area contributed by atoms with Crippen molar-refractivity contribution in [2.75, 3.05) is 19.8 Å². The Bertz CT molecular complexity index is 830. The van der Waals surface area contributed by atoms with Crippen LogP contribution in [0.15, 0.2) is 12.2 Å². The van der Waals surface area contributed by atoms with Gasteiger partial charge in [-0.3, -0.25) is 0 Å². The first-order valence-electron chi connectivity index (χ1n) is 14.2. The highest BCUT2D eigenvalue weighted by atomic mass is 16.3. The van der Waals surface area contributed by atoms with E-state index in [0.29, 0.717) is 29.6 Å². The van der Waals surface area contributed by atoms with Crippen LogP contribution in [0.4, 0.5) is 0 Å². The zero-order chi connectivity index (χ0) is 24.7. The highest BCUT2D eigenvalue weighted by Gasteiger charge is 2.71. The van der Waals surface area contributed by atoms with Crippen molar-refractivity contribution in [2.24, 2.45) is 62.4 Å². The van der Waals surface area contributed by atoms with Crippen molar-refractivity contribution in [3.05, 3.63) is 12.2 Å². The standard InChI is InChI=1S/C30H51NO3/c1-19(16-32)20-8-13-30(18-34)15-14-28(4)21(25(20)30)6-7-23-26(2)11-10-24(31)27(3,17-33)22(26)9-12-29(23,28)5/h20-25,32-34H,1,6-18,31H2,2-5H3/t20-,21+,22+,23+,24?,25+,26-,27-,28+,29+,30+/m0/s1. The minimum Gasteiger partial charge on any atom is -0.396 e. The third-order valence-corrected chi connectivity index (χ3v) is 13.9. The van der Waals surface area contributed by atoms with Crippen LogP contribution in [-0.4, -0.2) is 41.2 Å². The van der Waals surface area contributed by atoms with Gasteiger partial charge in [-0.1, -0.05) is 34.3 Å². The van der Waals surface area contributed by atoms with Gasteiger partial charge in [0.1, 0.15) is 0 Å². The highest BCUT2D eigenvalue weighted by molar-refractivity contribution is 5.22. The maximum absolute atomic E-state index is 10.7. The molecule has 0 heterocycles. The van der Waals surface area contributed by atoms with Gasteiger partial charge in [0.25, 0.3) is 0 Å². The van der Waals surface area contributed by atoms with Gasteiger partial charge < -0.3 is 21.1 Å². The van der Waals surface area contributed by atoms with Crippen LogP contribution < -0.4 is 5.73 Å². The molecule has 0 amide bonds. The van der Waals surface area contributed by atoms with E-state index in [-0.39, 0.29) is 52.9 Å². The molecule has 5 rings (SSSR count). The largest absolute Gasteiger partial charge is 0.396 e. The molecular weight excluding hydrogens is 422 g/mol. The number of fused-ring (bicyclic) bond motifs is 7. The molecule has 0 saturated heterocycles. The Morgan fingerprint density at radius 2 is 1.53 bits per heavy atom. The summed E-state index contributed by atoms with van der Waals surface area (Å²) in [7, 11) is 0. The van der Waals surface area contributed by atoms with Gasteiger partial charge in [0.05, 0.1) is 13.2 Å². The van der Waals surface area contributed by atoms with Gasteiger partial charge >= 0.3 is 0 Å². The summed E-state index contributed by atoms with van der Waals surface area (Å²) in [5.74, 6) is 2.52. The Kier molecular flexibility index (Phi) is 5.97. The second kappa shape index (κ2) is 8.04. The van der Waals surface area contributed by atoms with Crippen molar-refractivity contribution in [1.82, 2.24) is 0 Å². The lowest BCUT2D eigenvalue weighted by Gasteiger charge is -2.73. The molecule has 0 aromatic heterocycles. The minimum atomic E-state index is -0.180. The van der Waals surface area contributed by atoms with Gasteiger partial charge in [-0.05, 0) is 121 Å². The zero-order valence-corrected chi connectivity index (χ0v) is 22.3. The first kappa shape index (κ1) is 25.2. The van der Waals surface area contributed by atoms with Crippen LogP contribution in [0.5, 0.6) is 0 Å². The molecule has 0 radical (unpaired) electrons. The van der Waals surface area contributed by atoms with Gasteiger partial charge in [-0.15, -0.1) is 0 Å². The summed E-state index contributed by atoms with van der Waals surface area (Å²) < 4.78 is 0. The molecule has 0 aliphatic heterocycles. The quantitative estimate of drug-likeness (QED) is 0.437. The molecule has 34 heavy (non-hydrogen) atoms. The molecule has 11 atom stereocenters. The summed E-state index contributed by atoms with van der Waals surface area (Å²) in [6, 6.07) is 0.0930. The van der Waals surface area contributed by atoms with Crippen LogP contribution in [-0.2, 0) is 0 Å². The molecule has 5 aliphatic carbocycles. The van der Waals surface area contributed by atoms with Gasteiger partial charge in [-0.2, -0.15) is 0 Å². The lowest BCUT2D eigenvalue weighted by molar-refractivity contribution is -0.244. The highest BCUT2D eigenvalue weighted by Crippen LogP contribution is 2.77. The molecule has 4 nitrogen and oxygen atoms in total. The zero-order valence-electron chi connectivity index (χ0n) is 22.3. The second-order valence-electron chi connectivity index (χ2n) is 14.5. The maximum Gasteiger partial charge on any atom is 0.0641 e. The summed E-state index contributed by atoms with van der Waals surface area (Å²) in [5.41, 5.74) is 8.21. The number of aliphatic hydroxyl groups excluding tert-OH is 3. The van der Waals surface area contributed by atoms with E-state index in [2.05, 4.69) is 34.3 Å². The predicted octanol–water partition coefficient (Wildman–Crippen LogP) is 4.91. The lowest BCUT2D eigenvalue weighted by Crippen LogP contribution is -2.68. The van der Waals surface area contributed by atoms with Crippen LogP contribution in [0.2, 0.25) is 0 Å². The summed E-state index contributed by atoms with van der Waals surface area (Å²) in [6.07, 6.45) is 11.5. The minimum absolute atomic E-state index is 0.0182. The smallest absolute Gasteiger partial charge is 0.0641 e. The Morgan fingerprint density at radius 1 is 0.794 bits per heavy atom. The Labute approximate surface area is 207 Å². The molecule has 0 aromatic carbocycles. The second-order valence-corrected chi connectivity index (χ2v) is 14.5. The predicted molar refractivity (Wildman–Crippen MR) is 137 cm³/mol. The summed E-state index contributed by atoms with van der Waals surface area (Å²) >= 11 is 0. The normalized spacial score (nSPS) is 56.7. The van der Waals surface area contributed by atoms with E-state index in [9.17, 15) is 15.3 Å². The third-order valence-electron chi connectivity index (χ3n) is 13.9. The Morgan fingerprint density at radius 3 is 2.18 bits per heavy atom. The van der Waals surface area contributed by atoms with Gasteiger partial charge in [0.2, 0.25) is 0 Å².